The van der Waals surface area contributed by atoms with E-state index in [4.69, 9.17) is 9.47 Å². The molecule has 3 aliphatic rings. The number of aliphatic hydroxyl groups is 2. The molecule has 0 amide bonds. The molecule has 0 bridgehead atoms. The van der Waals surface area contributed by atoms with Crippen molar-refractivity contribution in [1.82, 2.24) is 0 Å². The van der Waals surface area contributed by atoms with Gasteiger partial charge < -0.3 is 24.8 Å². The van der Waals surface area contributed by atoms with Crippen molar-refractivity contribution >= 4 is 0 Å². The van der Waals surface area contributed by atoms with Gasteiger partial charge in [-0.3, -0.25) is 0 Å². The molecule has 2 aliphatic heterocycles. The minimum Gasteiger partial charge on any atom is -0.508 e. The van der Waals surface area contributed by atoms with E-state index in [1.54, 1.807) is 24.3 Å². The predicted octanol–water partition coefficient (Wildman–Crippen LogP) is 2.70. The average molecular weight is 338 g/mol. The first-order valence-corrected chi connectivity index (χ1v) is 8.46. The molecule has 0 saturated heterocycles. The van der Waals surface area contributed by atoms with Crippen LogP contribution in [0.5, 0.6) is 11.5 Å². The molecule has 0 saturated carbocycles. The first-order chi connectivity index (χ1) is 12.1. The Hall–Kier alpha value is -2.34. The number of rotatable bonds is 0. The van der Waals surface area contributed by atoms with E-state index in [1.807, 2.05) is 24.3 Å². The maximum atomic E-state index is 10.5. The van der Waals surface area contributed by atoms with E-state index in [2.05, 4.69) is 0 Å². The number of ether oxygens (including phenoxy) is 2. The highest BCUT2D eigenvalue weighted by atomic mass is 16.6. The lowest BCUT2D eigenvalue weighted by molar-refractivity contribution is -0.180. The first kappa shape index (κ1) is 15.0. The van der Waals surface area contributed by atoms with Gasteiger partial charge in [0.05, 0.1) is 12.0 Å². The fourth-order valence-electron chi connectivity index (χ4n) is 4.43. The molecule has 5 heteroatoms. The molecule has 2 aromatic rings. The van der Waals surface area contributed by atoms with Gasteiger partial charge in [-0.2, -0.15) is 0 Å². The van der Waals surface area contributed by atoms with Crippen LogP contribution in [0.4, 0.5) is 0 Å². The molecular formula is C20H18O5. The van der Waals surface area contributed by atoms with Gasteiger partial charge in [-0.1, -0.05) is 24.3 Å². The van der Waals surface area contributed by atoms with Crippen LogP contribution >= 0.6 is 0 Å². The second-order valence-corrected chi connectivity index (χ2v) is 6.84. The number of hydrogen-bond acceptors (Lipinski definition) is 5. The van der Waals surface area contributed by atoms with Crippen molar-refractivity contribution in [2.24, 2.45) is 5.92 Å². The van der Waals surface area contributed by atoms with Crippen LogP contribution < -0.4 is 4.74 Å². The summed E-state index contributed by atoms with van der Waals surface area (Å²) in [4.78, 5) is 0. The summed E-state index contributed by atoms with van der Waals surface area (Å²) in [6, 6.07) is 12.6. The predicted molar refractivity (Wildman–Crippen MR) is 88.8 cm³/mol. The van der Waals surface area contributed by atoms with Crippen LogP contribution in [0.1, 0.15) is 35.8 Å². The molecule has 1 aliphatic carbocycles. The Labute approximate surface area is 144 Å². The number of aliphatic hydroxyl groups excluding tert-OH is 2. The van der Waals surface area contributed by atoms with E-state index < -0.39 is 18.0 Å². The third-order valence-corrected chi connectivity index (χ3v) is 5.46. The minimum atomic E-state index is -1.02. The summed E-state index contributed by atoms with van der Waals surface area (Å²) >= 11 is 0. The second kappa shape index (κ2) is 5.08. The molecule has 25 heavy (non-hydrogen) atoms. The van der Waals surface area contributed by atoms with Gasteiger partial charge >= 0.3 is 0 Å². The highest BCUT2D eigenvalue weighted by Crippen LogP contribution is 2.59. The van der Waals surface area contributed by atoms with Crippen LogP contribution in [0.25, 0.3) is 0 Å². The maximum Gasteiger partial charge on any atom is 0.183 e. The Morgan fingerprint density at radius 2 is 1.84 bits per heavy atom. The van der Waals surface area contributed by atoms with E-state index >= 15 is 0 Å². The maximum absolute atomic E-state index is 10.5. The summed E-state index contributed by atoms with van der Waals surface area (Å²) in [5.74, 6) is 1.06. The lowest BCUT2D eigenvalue weighted by atomic mass is 9.69. The molecule has 4 unspecified atom stereocenters. The van der Waals surface area contributed by atoms with Crippen LogP contribution in [-0.2, 0) is 10.3 Å². The van der Waals surface area contributed by atoms with Gasteiger partial charge in [0.25, 0.3) is 0 Å². The molecule has 0 fully saturated rings. The summed E-state index contributed by atoms with van der Waals surface area (Å²) in [6.45, 7) is 0. The molecule has 3 N–H and O–H groups in total. The molecular weight excluding hydrogens is 320 g/mol. The third-order valence-electron chi connectivity index (χ3n) is 5.46. The van der Waals surface area contributed by atoms with Gasteiger partial charge in [0.2, 0.25) is 0 Å². The molecule has 4 atom stereocenters. The summed E-state index contributed by atoms with van der Waals surface area (Å²) < 4.78 is 12.2. The molecule has 2 aromatic carbocycles. The molecule has 2 heterocycles. The number of aromatic hydroxyl groups is 1. The van der Waals surface area contributed by atoms with Crippen molar-refractivity contribution in [2.45, 2.75) is 30.8 Å². The Bertz CT molecular complexity index is 889. The highest BCUT2D eigenvalue weighted by Gasteiger charge is 2.57. The zero-order chi connectivity index (χ0) is 17.2. The Kier molecular flexibility index (Phi) is 3.04. The number of benzene rings is 2. The number of hydrogen-bond donors (Lipinski definition) is 3. The summed E-state index contributed by atoms with van der Waals surface area (Å²) in [7, 11) is 0. The number of fused-ring (bicyclic) bond motifs is 6. The van der Waals surface area contributed by atoms with E-state index in [0.29, 0.717) is 24.4 Å². The Morgan fingerprint density at radius 1 is 1.00 bits per heavy atom. The fourth-order valence-corrected chi connectivity index (χ4v) is 4.43. The topological polar surface area (TPSA) is 79.2 Å². The molecule has 0 radical (unpaired) electrons. The zero-order valence-electron chi connectivity index (χ0n) is 13.4. The summed E-state index contributed by atoms with van der Waals surface area (Å²) in [6.07, 6.45) is 1.40. The molecule has 128 valence electrons. The summed E-state index contributed by atoms with van der Waals surface area (Å²) in [5.41, 5.74) is 1.55. The lowest BCUT2D eigenvalue weighted by Gasteiger charge is -2.45. The van der Waals surface area contributed by atoms with Gasteiger partial charge in [-0.25, -0.2) is 0 Å². The fraction of sp³-hybridized carbons (Fsp3) is 0.300. The van der Waals surface area contributed by atoms with E-state index in [0.717, 1.165) is 16.7 Å². The zero-order valence-corrected chi connectivity index (χ0v) is 13.4. The average Bonchev–Trinajstić information content (AvgIpc) is 2.88. The molecule has 5 rings (SSSR count). The Morgan fingerprint density at radius 3 is 2.72 bits per heavy atom. The van der Waals surface area contributed by atoms with E-state index in [1.165, 1.54) is 0 Å². The van der Waals surface area contributed by atoms with Gasteiger partial charge in [0.15, 0.2) is 6.29 Å². The van der Waals surface area contributed by atoms with Gasteiger partial charge in [0.1, 0.15) is 22.9 Å². The van der Waals surface area contributed by atoms with Crippen molar-refractivity contribution in [3.05, 3.63) is 71.0 Å². The van der Waals surface area contributed by atoms with Crippen molar-refractivity contribution in [2.75, 3.05) is 0 Å². The van der Waals surface area contributed by atoms with Crippen molar-refractivity contribution < 1.29 is 24.8 Å². The first-order valence-electron chi connectivity index (χ1n) is 8.46. The lowest BCUT2D eigenvalue weighted by Crippen LogP contribution is -2.44. The van der Waals surface area contributed by atoms with Gasteiger partial charge in [0, 0.05) is 17.2 Å². The van der Waals surface area contributed by atoms with Crippen molar-refractivity contribution in [3.63, 3.8) is 0 Å². The van der Waals surface area contributed by atoms with Gasteiger partial charge in [-0.05, 0) is 36.6 Å². The molecule has 0 aromatic heterocycles. The minimum absolute atomic E-state index is 0.0936. The van der Waals surface area contributed by atoms with Crippen molar-refractivity contribution in [3.8, 4) is 11.5 Å². The normalized spacial score (nSPS) is 32.4. The van der Waals surface area contributed by atoms with E-state index in [9.17, 15) is 15.3 Å². The second-order valence-electron chi connectivity index (χ2n) is 6.84. The van der Waals surface area contributed by atoms with E-state index in [-0.39, 0.29) is 11.7 Å². The SMILES string of the molecule is Oc1ccc2c(c1)OC1=CC(O)CCC1C21OC(O)c2ccccc21. The highest BCUT2D eigenvalue weighted by molar-refractivity contribution is 5.56. The summed E-state index contributed by atoms with van der Waals surface area (Å²) in [5, 5.41) is 30.4. The van der Waals surface area contributed by atoms with Crippen LogP contribution in [0, 0.1) is 5.92 Å². The number of phenolic OH excluding ortho intramolecular Hbond substituents is 1. The monoisotopic (exact) mass is 338 g/mol. The standard InChI is InChI=1S/C20H18O5/c21-11-5-7-15-17(9-11)24-18-10-12(22)6-8-16(18)20(15)14-4-2-1-3-13(14)19(23)25-20/h1-5,7,9-10,12,16,19,21-23H,6,8H2. The van der Waals surface area contributed by atoms with Crippen LogP contribution in [0.2, 0.25) is 0 Å². The molecule has 1 spiro atoms. The van der Waals surface area contributed by atoms with Crippen LogP contribution in [0.15, 0.2) is 54.3 Å². The quantitative estimate of drug-likeness (QED) is 0.688. The number of phenols is 1. The van der Waals surface area contributed by atoms with Crippen molar-refractivity contribution in [1.29, 1.82) is 0 Å². The van der Waals surface area contributed by atoms with Crippen LogP contribution in [-0.4, -0.2) is 21.4 Å². The van der Waals surface area contributed by atoms with Crippen LogP contribution in [0.3, 0.4) is 0 Å². The smallest absolute Gasteiger partial charge is 0.183 e. The van der Waals surface area contributed by atoms with Gasteiger partial charge in [-0.15, -0.1) is 0 Å². The Balaban J connectivity index is 1.82. The molecule has 5 nitrogen and oxygen atoms in total. The third kappa shape index (κ3) is 1.94. The largest absolute Gasteiger partial charge is 0.508 e.